The Labute approximate surface area is 138 Å². The molecular weight excluding hydrogens is 405 g/mol. The molecule has 0 atom stereocenters. The molecule has 2 nitrogen and oxygen atoms in total. The van der Waals surface area contributed by atoms with Gasteiger partial charge in [0.1, 0.15) is 10.7 Å². The third-order valence-corrected chi connectivity index (χ3v) is 4.16. The molecule has 0 N–H and O–H groups in total. The van der Waals surface area contributed by atoms with Crippen LogP contribution in [-0.2, 0) is 0 Å². The molecule has 5 heteroatoms. The summed E-state index contributed by atoms with van der Waals surface area (Å²) in [5.74, 6) is 0.572. The first-order valence-corrected chi connectivity index (χ1v) is 7.78. The fourth-order valence-corrected chi connectivity index (χ4v) is 2.99. The Bertz CT molecular complexity index is 707. The molecule has 1 heterocycles. The SMILES string of the molecule is Clc1c(-c2cccc(Br)c2)noc1-c1cccc(Br)c1. The van der Waals surface area contributed by atoms with Crippen LogP contribution in [0.3, 0.4) is 0 Å². The number of hydrogen-bond acceptors (Lipinski definition) is 2. The Balaban J connectivity index is 2.09. The fourth-order valence-electron chi connectivity index (χ4n) is 1.90. The zero-order valence-corrected chi connectivity index (χ0v) is 14.0. The molecular formula is C15H8Br2ClNO. The van der Waals surface area contributed by atoms with Crippen LogP contribution in [0, 0.1) is 0 Å². The van der Waals surface area contributed by atoms with Gasteiger partial charge in [0, 0.05) is 20.1 Å². The minimum atomic E-state index is 0.515. The van der Waals surface area contributed by atoms with E-state index >= 15 is 0 Å². The number of hydrogen-bond donors (Lipinski definition) is 0. The summed E-state index contributed by atoms with van der Waals surface area (Å²) in [5.41, 5.74) is 2.44. The lowest BCUT2D eigenvalue weighted by molar-refractivity contribution is 0.435. The lowest BCUT2D eigenvalue weighted by Crippen LogP contribution is -1.79. The summed E-state index contributed by atoms with van der Waals surface area (Å²) in [5, 5.41) is 4.61. The van der Waals surface area contributed by atoms with E-state index in [1.807, 2.05) is 48.5 Å². The first-order chi connectivity index (χ1) is 9.65. The average Bonchev–Trinajstić information content (AvgIpc) is 2.80. The average molecular weight is 413 g/mol. The molecule has 3 rings (SSSR count). The van der Waals surface area contributed by atoms with Gasteiger partial charge in [-0.1, -0.05) is 72.9 Å². The highest BCUT2D eigenvalue weighted by Gasteiger charge is 2.17. The summed E-state index contributed by atoms with van der Waals surface area (Å²) in [4.78, 5) is 0. The Kier molecular flexibility index (Phi) is 3.96. The van der Waals surface area contributed by atoms with Crippen molar-refractivity contribution in [2.75, 3.05) is 0 Å². The normalized spacial score (nSPS) is 10.8. The molecule has 0 unspecified atom stereocenters. The minimum absolute atomic E-state index is 0.515. The molecule has 0 aliphatic heterocycles. The van der Waals surface area contributed by atoms with Gasteiger partial charge in [-0.05, 0) is 24.3 Å². The smallest absolute Gasteiger partial charge is 0.186 e. The van der Waals surface area contributed by atoms with Crippen molar-refractivity contribution in [2.24, 2.45) is 0 Å². The van der Waals surface area contributed by atoms with Crippen molar-refractivity contribution in [2.45, 2.75) is 0 Å². The van der Waals surface area contributed by atoms with E-state index in [0.717, 1.165) is 20.1 Å². The highest BCUT2D eigenvalue weighted by Crippen LogP contribution is 2.37. The fraction of sp³-hybridized carbons (Fsp3) is 0. The van der Waals surface area contributed by atoms with Crippen LogP contribution in [0.4, 0.5) is 0 Å². The van der Waals surface area contributed by atoms with Gasteiger partial charge < -0.3 is 4.52 Å². The maximum Gasteiger partial charge on any atom is 0.186 e. The highest BCUT2D eigenvalue weighted by atomic mass is 79.9. The molecule has 0 spiro atoms. The topological polar surface area (TPSA) is 26.0 Å². The summed E-state index contributed by atoms with van der Waals surface area (Å²) in [6.45, 7) is 0. The van der Waals surface area contributed by atoms with Crippen molar-refractivity contribution in [3.8, 4) is 22.6 Å². The number of halogens is 3. The van der Waals surface area contributed by atoms with Crippen LogP contribution in [-0.4, -0.2) is 5.16 Å². The molecule has 3 aromatic rings. The van der Waals surface area contributed by atoms with E-state index in [9.17, 15) is 0 Å². The quantitative estimate of drug-likeness (QED) is 0.501. The van der Waals surface area contributed by atoms with Crippen LogP contribution in [0.1, 0.15) is 0 Å². The van der Waals surface area contributed by atoms with E-state index in [4.69, 9.17) is 16.1 Å². The Hall–Kier alpha value is -1.10. The van der Waals surface area contributed by atoms with E-state index in [-0.39, 0.29) is 0 Å². The molecule has 20 heavy (non-hydrogen) atoms. The van der Waals surface area contributed by atoms with Crippen LogP contribution in [0.5, 0.6) is 0 Å². The van der Waals surface area contributed by atoms with Gasteiger partial charge in [0.15, 0.2) is 5.76 Å². The molecule has 1 aromatic heterocycles. The first-order valence-electron chi connectivity index (χ1n) is 5.82. The van der Waals surface area contributed by atoms with Crippen molar-refractivity contribution in [1.29, 1.82) is 0 Å². The summed E-state index contributed by atoms with van der Waals surface area (Å²) in [6.07, 6.45) is 0. The third kappa shape index (κ3) is 2.68. The van der Waals surface area contributed by atoms with E-state index in [0.29, 0.717) is 16.5 Å². The van der Waals surface area contributed by atoms with Gasteiger partial charge in [-0.3, -0.25) is 0 Å². The van der Waals surface area contributed by atoms with Gasteiger partial charge in [0.2, 0.25) is 0 Å². The predicted molar refractivity (Wildman–Crippen MR) is 87.8 cm³/mol. The van der Waals surface area contributed by atoms with Crippen molar-refractivity contribution in [3.05, 3.63) is 62.5 Å². The van der Waals surface area contributed by atoms with Crippen LogP contribution in [0.15, 0.2) is 62.0 Å². The number of aromatic nitrogens is 1. The molecule has 0 aliphatic rings. The Morgan fingerprint density at radius 3 is 2.15 bits per heavy atom. The lowest BCUT2D eigenvalue weighted by atomic mass is 10.1. The van der Waals surface area contributed by atoms with Gasteiger partial charge in [-0.25, -0.2) is 0 Å². The van der Waals surface area contributed by atoms with Crippen molar-refractivity contribution in [1.82, 2.24) is 5.16 Å². The Morgan fingerprint density at radius 2 is 1.50 bits per heavy atom. The van der Waals surface area contributed by atoms with Gasteiger partial charge in [-0.2, -0.15) is 0 Å². The van der Waals surface area contributed by atoms with Crippen molar-refractivity contribution < 1.29 is 4.52 Å². The molecule has 100 valence electrons. The second-order valence-electron chi connectivity index (χ2n) is 4.19. The number of benzene rings is 2. The number of rotatable bonds is 2. The van der Waals surface area contributed by atoms with Crippen LogP contribution in [0.25, 0.3) is 22.6 Å². The lowest BCUT2D eigenvalue weighted by Gasteiger charge is -1.99. The van der Waals surface area contributed by atoms with E-state index in [1.54, 1.807) is 0 Å². The largest absolute Gasteiger partial charge is 0.354 e. The summed E-state index contributed by atoms with van der Waals surface area (Å²) >= 11 is 13.3. The summed E-state index contributed by atoms with van der Waals surface area (Å²) < 4.78 is 7.35. The molecule has 0 fully saturated rings. The molecule has 0 amide bonds. The summed E-state index contributed by atoms with van der Waals surface area (Å²) in [7, 11) is 0. The highest BCUT2D eigenvalue weighted by molar-refractivity contribution is 9.10. The number of nitrogens with zero attached hydrogens (tertiary/aromatic N) is 1. The van der Waals surface area contributed by atoms with Gasteiger partial charge in [0.05, 0.1) is 0 Å². The first kappa shape index (κ1) is 13.9. The zero-order chi connectivity index (χ0) is 14.1. The van der Waals surface area contributed by atoms with Gasteiger partial charge >= 0.3 is 0 Å². The monoisotopic (exact) mass is 411 g/mol. The zero-order valence-electron chi connectivity index (χ0n) is 10.1. The maximum atomic E-state index is 6.41. The van der Waals surface area contributed by atoms with Crippen LogP contribution < -0.4 is 0 Å². The Morgan fingerprint density at radius 1 is 0.900 bits per heavy atom. The van der Waals surface area contributed by atoms with Crippen molar-refractivity contribution in [3.63, 3.8) is 0 Å². The van der Waals surface area contributed by atoms with E-state index in [1.165, 1.54) is 0 Å². The van der Waals surface area contributed by atoms with Crippen molar-refractivity contribution >= 4 is 43.5 Å². The molecule has 0 saturated heterocycles. The van der Waals surface area contributed by atoms with Crippen LogP contribution >= 0.6 is 43.5 Å². The van der Waals surface area contributed by atoms with Crippen LogP contribution in [0.2, 0.25) is 5.02 Å². The van der Waals surface area contributed by atoms with E-state index < -0.39 is 0 Å². The van der Waals surface area contributed by atoms with Gasteiger partial charge in [0.25, 0.3) is 0 Å². The summed E-state index contributed by atoms with van der Waals surface area (Å²) in [6, 6.07) is 15.5. The molecule has 0 radical (unpaired) electrons. The molecule has 0 aliphatic carbocycles. The third-order valence-electron chi connectivity index (χ3n) is 2.82. The maximum absolute atomic E-state index is 6.41. The van der Waals surface area contributed by atoms with E-state index in [2.05, 4.69) is 37.0 Å². The second-order valence-corrected chi connectivity index (χ2v) is 6.40. The van der Waals surface area contributed by atoms with Gasteiger partial charge in [-0.15, -0.1) is 0 Å². The minimum Gasteiger partial charge on any atom is -0.354 e. The predicted octanol–water partition coefficient (Wildman–Crippen LogP) is 6.19. The molecule has 0 saturated carbocycles. The molecule has 2 aromatic carbocycles. The second kappa shape index (κ2) is 5.72. The molecule has 0 bridgehead atoms. The standard InChI is InChI=1S/C15H8Br2ClNO/c16-11-5-1-3-9(7-11)14-13(18)15(20-19-14)10-4-2-6-12(17)8-10/h1-8H.